The molecule has 4 heteroatoms. The van der Waals surface area contributed by atoms with Crippen molar-refractivity contribution in [1.29, 1.82) is 0 Å². The first kappa shape index (κ1) is 15.4. The molecule has 1 atom stereocenters. The first-order valence-corrected chi connectivity index (χ1v) is 5.92. The standard InChI is InChI=1S/C12H26N2O2/c1-6-7-10(9-16-5)13-8-11(15)14-12(2,3)4/h10,13H,6-9H2,1-5H3,(H,14,15). The van der Waals surface area contributed by atoms with Gasteiger partial charge in [0, 0.05) is 18.7 Å². The Balaban J connectivity index is 3.86. The Hall–Kier alpha value is -0.610. The summed E-state index contributed by atoms with van der Waals surface area (Å²) >= 11 is 0. The molecule has 0 spiro atoms. The van der Waals surface area contributed by atoms with E-state index in [4.69, 9.17) is 4.74 Å². The summed E-state index contributed by atoms with van der Waals surface area (Å²) in [4.78, 5) is 11.6. The fraction of sp³-hybridized carbons (Fsp3) is 0.917. The van der Waals surface area contributed by atoms with E-state index in [2.05, 4.69) is 17.6 Å². The smallest absolute Gasteiger partial charge is 0.234 e. The topological polar surface area (TPSA) is 50.4 Å². The van der Waals surface area contributed by atoms with Crippen LogP contribution in [-0.2, 0) is 9.53 Å². The molecule has 0 radical (unpaired) electrons. The van der Waals surface area contributed by atoms with E-state index in [-0.39, 0.29) is 17.5 Å². The summed E-state index contributed by atoms with van der Waals surface area (Å²) in [6, 6.07) is 0.265. The largest absolute Gasteiger partial charge is 0.383 e. The highest BCUT2D eigenvalue weighted by Crippen LogP contribution is 1.99. The number of nitrogens with one attached hydrogen (secondary N) is 2. The number of hydrogen-bond donors (Lipinski definition) is 2. The summed E-state index contributed by atoms with van der Waals surface area (Å²) in [7, 11) is 1.68. The lowest BCUT2D eigenvalue weighted by molar-refractivity contribution is -0.121. The lowest BCUT2D eigenvalue weighted by Gasteiger charge is -2.22. The van der Waals surface area contributed by atoms with Gasteiger partial charge in [-0.1, -0.05) is 13.3 Å². The van der Waals surface area contributed by atoms with Gasteiger partial charge in [-0.2, -0.15) is 0 Å². The number of methoxy groups -OCH3 is 1. The van der Waals surface area contributed by atoms with Crippen molar-refractivity contribution in [2.45, 2.75) is 52.1 Å². The highest BCUT2D eigenvalue weighted by Gasteiger charge is 2.14. The minimum absolute atomic E-state index is 0.0321. The monoisotopic (exact) mass is 230 g/mol. The van der Waals surface area contributed by atoms with Crippen LogP contribution in [0.5, 0.6) is 0 Å². The summed E-state index contributed by atoms with van der Waals surface area (Å²) in [5.74, 6) is 0.0321. The zero-order chi connectivity index (χ0) is 12.6. The summed E-state index contributed by atoms with van der Waals surface area (Å²) in [6.07, 6.45) is 2.11. The molecule has 0 aliphatic heterocycles. The average molecular weight is 230 g/mol. The summed E-state index contributed by atoms with van der Waals surface area (Å²) < 4.78 is 5.10. The minimum atomic E-state index is -0.166. The third-order valence-electron chi connectivity index (χ3n) is 2.07. The molecular formula is C12H26N2O2. The van der Waals surface area contributed by atoms with Crippen LogP contribution < -0.4 is 10.6 Å². The van der Waals surface area contributed by atoms with Crippen molar-refractivity contribution in [3.05, 3.63) is 0 Å². The van der Waals surface area contributed by atoms with Crippen LogP contribution in [0.1, 0.15) is 40.5 Å². The van der Waals surface area contributed by atoms with Crippen molar-refractivity contribution >= 4 is 5.91 Å². The molecule has 0 rings (SSSR count). The number of amides is 1. The maximum Gasteiger partial charge on any atom is 0.234 e. The van der Waals surface area contributed by atoms with Crippen LogP contribution in [0.15, 0.2) is 0 Å². The van der Waals surface area contributed by atoms with Crippen molar-refractivity contribution in [1.82, 2.24) is 10.6 Å². The van der Waals surface area contributed by atoms with Crippen LogP contribution in [0.25, 0.3) is 0 Å². The molecule has 0 saturated carbocycles. The molecule has 4 nitrogen and oxygen atoms in total. The van der Waals surface area contributed by atoms with Crippen LogP contribution >= 0.6 is 0 Å². The number of carbonyl (C=O) groups excluding carboxylic acids is 1. The lowest BCUT2D eigenvalue weighted by Crippen LogP contribution is -2.47. The molecule has 1 amide bonds. The third-order valence-corrected chi connectivity index (χ3v) is 2.07. The number of carbonyl (C=O) groups is 1. The van der Waals surface area contributed by atoms with Gasteiger partial charge in [-0.15, -0.1) is 0 Å². The van der Waals surface area contributed by atoms with E-state index < -0.39 is 0 Å². The Morgan fingerprint density at radius 1 is 1.38 bits per heavy atom. The average Bonchev–Trinajstić information content (AvgIpc) is 2.12. The van der Waals surface area contributed by atoms with Crippen molar-refractivity contribution in [3.8, 4) is 0 Å². The molecule has 0 fully saturated rings. The second-order valence-electron chi connectivity index (χ2n) is 5.12. The summed E-state index contributed by atoms with van der Waals surface area (Å²) in [6.45, 7) is 9.05. The maximum absolute atomic E-state index is 11.6. The fourth-order valence-electron chi connectivity index (χ4n) is 1.49. The van der Waals surface area contributed by atoms with Gasteiger partial charge in [0.25, 0.3) is 0 Å². The minimum Gasteiger partial charge on any atom is -0.383 e. The molecule has 0 aliphatic carbocycles. The predicted octanol–water partition coefficient (Wildman–Crippen LogP) is 1.31. The Bertz CT molecular complexity index is 194. The highest BCUT2D eigenvalue weighted by atomic mass is 16.5. The molecule has 0 heterocycles. The Labute approximate surface area is 99.1 Å². The van der Waals surface area contributed by atoms with Gasteiger partial charge < -0.3 is 15.4 Å². The first-order chi connectivity index (χ1) is 7.39. The molecule has 0 saturated heterocycles. The molecular weight excluding hydrogens is 204 g/mol. The SMILES string of the molecule is CCCC(COC)NCC(=O)NC(C)(C)C. The van der Waals surface area contributed by atoms with E-state index in [9.17, 15) is 4.79 Å². The van der Waals surface area contributed by atoms with Gasteiger partial charge in [0.15, 0.2) is 0 Å². The predicted molar refractivity (Wildman–Crippen MR) is 66.5 cm³/mol. The fourth-order valence-corrected chi connectivity index (χ4v) is 1.49. The molecule has 0 aromatic carbocycles. The molecule has 0 bridgehead atoms. The molecule has 0 aliphatic rings. The number of hydrogen-bond acceptors (Lipinski definition) is 3. The van der Waals surface area contributed by atoms with E-state index >= 15 is 0 Å². The van der Waals surface area contributed by atoms with E-state index in [1.54, 1.807) is 7.11 Å². The summed E-state index contributed by atoms with van der Waals surface area (Å²) in [5.41, 5.74) is -0.166. The van der Waals surface area contributed by atoms with Gasteiger partial charge >= 0.3 is 0 Å². The van der Waals surface area contributed by atoms with Gasteiger partial charge in [0.2, 0.25) is 5.91 Å². The first-order valence-electron chi connectivity index (χ1n) is 5.92. The summed E-state index contributed by atoms with van der Waals surface area (Å²) in [5, 5.41) is 6.12. The molecule has 0 aromatic rings. The molecule has 0 aromatic heterocycles. The second kappa shape index (κ2) is 7.63. The quantitative estimate of drug-likeness (QED) is 0.693. The Morgan fingerprint density at radius 3 is 2.44 bits per heavy atom. The van der Waals surface area contributed by atoms with Crippen molar-refractivity contribution in [3.63, 3.8) is 0 Å². The number of ether oxygens (including phenoxy) is 1. The third kappa shape index (κ3) is 8.68. The van der Waals surface area contributed by atoms with Gasteiger partial charge in [0.05, 0.1) is 13.2 Å². The van der Waals surface area contributed by atoms with Gasteiger partial charge in [-0.05, 0) is 27.2 Å². The van der Waals surface area contributed by atoms with Crippen molar-refractivity contribution < 1.29 is 9.53 Å². The van der Waals surface area contributed by atoms with Crippen LogP contribution in [0.2, 0.25) is 0 Å². The van der Waals surface area contributed by atoms with Crippen LogP contribution in [0.4, 0.5) is 0 Å². The Morgan fingerprint density at radius 2 is 2.00 bits per heavy atom. The van der Waals surface area contributed by atoms with Crippen molar-refractivity contribution in [2.75, 3.05) is 20.3 Å². The molecule has 16 heavy (non-hydrogen) atoms. The maximum atomic E-state index is 11.6. The van der Waals surface area contributed by atoms with Gasteiger partial charge in [-0.3, -0.25) is 4.79 Å². The zero-order valence-electron chi connectivity index (χ0n) is 11.2. The highest BCUT2D eigenvalue weighted by molar-refractivity contribution is 5.78. The Kier molecular flexibility index (Phi) is 7.34. The molecule has 1 unspecified atom stereocenters. The van der Waals surface area contributed by atoms with Gasteiger partial charge in [0.1, 0.15) is 0 Å². The van der Waals surface area contributed by atoms with Crippen molar-refractivity contribution in [2.24, 2.45) is 0 Å². The van der Waals surface area contributed by atoms with E-state index in [1.807, 2.05) is 20.8 Å². The number of rotatable bonds is 7. The lowest BCUT2D eigenvalue weighted by atomic mass is 10.1. The second-order valence-corrected chi connectivity index (χ2v) is 5.12. The van der Waals surface area contributed by atoms with Crippen LogP contribution in [0, 0.1) is 0 Å². The van der Waals surface area contributed by atoms with E-state index in [0.717, 1.165) is 12.8 Å². The van der Waals surface area contributed by atoms with Gasteiger partial charge in [-0.25, -0.2) is 0 Å². The molecule has 2 N–H and O–H groups in total. The van der Waals surface area contributed by atoms with Crippen LogP contribution in [-0.4, -0.2) is 37.7 Å². The normalized spacial score (nSPS) is 13.6. The van der Waals surface area contributed by atoms with Crippen LogP contribution in [0.3, 0.4) is 0 Å². The van der Waals surface area contributed by atoms with E-state index in [1.165, 1.54) is 0 Å². The van der Waals surface area contributed by atoms with E-state index in [0.29, 0.717) is 13.2 Å². The molecule has 96 valence electrons. The zero-order valence-corrected chi connectivity index (χ0v) is 11.2.